The highest BCUT2D eigenvalue weighted by Crippen LogP contribution is 2.39. The molecule has 0 aromatic carbocycles. The zero-order valence-electron chi connectivity index (χ0n) is 11.6. The summed E-state index contributed by atoms with van der Waals surface area (Å²) in [7, 11) is 0. The topological polar surface area (TPSA) is 49.4 Å². The zero-order chi connectivity index (χ0) is 13.3. The Bertz CT molecular complexity index is 341. The first kappa shape index (κ1) is 13.4. The Morgan fingerprint density at radius 1 is 1.39 bits per heavy atom. The summed E-state index contributed by atoms with van der Waals surface area (Å²) in [5.41, 5.74) is 0. The van der Waals surface area contributed by atoms with Crippen molar-refractivity contribution in [2.75, 3.05) is 6.54 Å². The first-order valence-electron chi connectivity index (χ1n) is 7.12. The summed E-state index contributed by atoms with van der Waals surface area (Å²) in [6, 6.07) is 0.0861. The number of carbonyl (C=O) groups excluding carboxylic acids is 2. The largest absolute Gasteiger partial charge is 0.344 e. The standard InChI is InChI=1S/C14H24N2O2/c1-4-10-8-12(10)16-6-5-13(17)15-11(14(16)18)7-9(2)3/h9-12H,4-8H2,1-3H3,(H,15,17). The van der Waals surface area contributed by atoms with Crippen LogP contribution in [0.25, 0.3) is 0 Å². The predicted molar refractivity (Wildman–Crippen MR) is 69.9 cm³/mol. The summed E-state index contributed by atoms with van der Waals surface area (Å²) in [6.45, 7) is 6.93. The molecule has 1 N–H and O–H groups in total. The van der Waals surface area contributed by atoms with Crippen molar-refractivity contribution in [1.29, 1.82) is 0 Å². The molecule has 4 heteroatoms. The van der Waals surface area contributed by atoms with E-state index in [0.29, 0.717) is 30.8 Å². The molecule has 0 aromatic heterocycles. The van der Waals surface area contributed by atoms with Crippen LogP contribution in [0, 0.1) is 11.8 Å². The molecule has 0 bridgehead atoms. The van der Waals surface area contributed by atoms with E-state index in [0.717, 1.165) is 19.3 Å². The van der Waals surface area contributed by atoms with Crippen LogP contribution in [0.15, 0.2) is 0 Å². The minimum absolute atomic E-state index is 0.0187. The molecule has 4 nitrogen and oxygen atoms in total. The van der Waals surface area contributed by atoms with Gasteiger partial charge in [-0.1, -0.05) is 27.2 Å². The third kappa shape index (κ3) is 2.85. The van der Waals surface area contributed by atoms with Crippen molar-refractivity contribution >= 4 is 11.8 Å². The van der Waals surface area contributed by atoms with E-state index >= 15 is 0 Å². The number of rotatable bonds is 4. The molecule has 0 spiro atoms. The van der Waals surface area contributed by atoms with Gasteiger partial charge in [-0.15, -0.1) is 0 Å². The second-order valence-corrected chi connectivity index (χ2v) is 6.00. The van der Waals surface area contributed by atoms with Gasteiger partial charge < -0.3 is 10.2 Å². The lowest BCUT2D eigenvalue weighted by Crippen LogP contribution is -2.46. The molecule has 3 unspecified atom stereocenters. The van der Waals surface area contributed by atoms with Crippen LogP contribution in [0.5, 0.6) is 0 Å². The number of carbonyl (C=O) groups is 2. The van der Waals surface area contributed by atoms with Gasteiger partial charge in [0.15, 0.2) is 0 Å². The highest BCUT2D eigenvalue weighted by atomic mass is 16.2. The van der Waals surface area contributed by atoms with Gasteiger partial charge in [0.2, 0.25) is 11.8 Å². The van der Waals surface area contributed by atoms with Crippen molar-refractivity contribution in [3.05, 3.63) is 0 Å². The highest BCUT2D eigenvalue weighted by Gasteiger charge is 2.45. The van der Waals surface area contributed by atoms with Crippen molar-refractivity contribution in [3.8, 4) is 0 Å². The van der Waals surface area contributed by atoms with Gasteiger partial charge in [0.05, 0.1) is 0 Å². The van der Waals surface area contributed by atoms with Gasteiger partial charge in [0.25, 0.3) is 0 Å². The molecule has 0 radical (unpaired) electrons. The monoisotopic (exact) mass is 252 g/mol. The second kappa shape index (κ2) is 5.29. The minimum atomic E-state index is -0.307. The molecule has 18 heavy (non-hydrogen) atoms. The van der Waals surface area contributed by atoms with E-state index in [1.54, 1.807) is 0 Å². The van der Waals surface area contributed by atoms with Crippen LogP contribution >= 0.6 is 0 Å². The number of hydrogen-bond acceptors (Lipinski definition) is 2. The average molecular weight is 252 g/mol. The molecule has 1 aliphatic heterocycles. The van der Waals surface area contributed by atoms with Gasteiger partial charge in [0.1, 0.15) is 6.04 Å². The second-order valence-electron chi connectivity index (χ2n) is 6.00. The van der Waals surface area contributed by atoms with Crippen LogP contribution in [0.1, 0.15) is 46.5 Å². The molecule has 2 rings (SSSR count). The van der Waals surface area contributed by atoms with Gasteiger partial charge in [-0.3, -0.25) is 9.59 Å². The highest BCUT2D eigenvalue weighted by molar-refractivity contribution is 5.90. The molecule has 1 saturated carbocycles. The Balaban J connectivity index is 2.06. The summed E-state index contributed by atoms with van der Waals surface area (Å²) < 4.78 is 0. The van der Waals surface area contributed by atoms with Gasteiger partial charge in [-0.05, 0) is 24.7 Å². The third-order valence-electron chi connectivity index (χ3n) is 4.01. The summed E-state index contributed by atoms with van der Waals surface area (Å²) in [5.74, 6) is 1.22. The van der Waals surface area contributed by atoms with E-state index < -0.39 is 0 Å². The van der Waals surface area contributed by atoms with Crippen molar-refractivity contribution < 1.29 is 9.59 Å². The normalized spacial score (nSPS) is 32.4. The first-order valence-corrected chi connectivity index (χ1v) is 7.12. The number of amides is 2. The maximum atomic E-state index is 12.5. The van der Waals surface area contributed by atoms with Crippen molar-refractivity contribution in [3.63, 3.8) is 0 Å². The van der Waals surface area contributed by atoms with Gasteiger partial charge in [-0.2, -0.15) is 0 Å². The Hall–Kier alpha value is -1.06. The van der Waals surface area contributed by atoms with E-state index in [-0.39, 0.29) is 17.9 Å². The molecular weight excluding hydrogens is 228 g/mol. The molecular formula is C14H24N2O2. The predicted octanol–water partition coefficient (Wildman–Crippen LogP) is 1.55. The maximum Gasteiger partial charge on any atom is 0.245 e. The number of nitrogens with one attached hydrogen (secondary N) is 1. The Kier molecular flexibility index (Phi) is 3.93. The molecule has 102 valence electrons. The lowest BCUT2D eigenvalue weighted by Gasteiger charge is -2.25. The Morgan fingerprint density at radius 3 is 2.67 bits per heavy atom. The van der Waals surface area contributed by atoms with E-state index in [2.05, 4.69) is 26.1 Å². The van der Waals surface area contributed by atoms with Gasteiger partial charge >= 0.3 is 0 Å². The molecule has 1 heterocycles. The molecule has 2 amide bonds. The molecule has 0 aromatic rings. The van der Waals surface area contributed by atoms with Crippen molar-refractivity contribution in [1.82, 2.24) is 10.2 Å². The number of nitrogens with zero attached hydrogens (tertiary/aromatic N) is 1. The summed E-state index contributed by atoms with van der Waals surface area (Å²) in [5, 5.41) is 2.88. The van der Waals surface area contributed by atoms with Crippen LogP contribution in [0.3, 0.4) is 0 Å². The van der Waals surface area contributed by atoms with Gasteiger partial charge in [-0.25, -0.2) is 0 Å². The molecule has 1 saturated heterocycles. The SMILES string of the molecule is CCC1CC1N1CCC(=O)NC(CC(C)C)C1=O. The quantitative estimate of drug-likeness (QED) is 0.825. The van der Waals surface area contributed by atoms with Crippen molar-refractivity contribution in [2.24, 2.45) is 11.8 Å². The lowest BCUT2D eigenvalue weighted by atomic mass is 10.0. The maximum absolute atomic E-state index is 12.5. The van der Waals surface area contributed by atoms with E-state index in [9.17, 15) is 9.59 Å². The van der Waals surface area contributed by atoms with Crippen molar-refractivity contribution in [2.45, 2.75) is 58.5 Å². The summed E-state index contributed by atoms with van der Waals surface area (Å²) in [6.07, 6.45) is 3.44. The van der Waals surface area contributed by atoms with Crippen LogP contribution in [-0.4, -0.2) is 35.3 Å². The fraction of sp³-hybridized carbons (Fsp3) is 0.857. The summed E-state index contributed by atoms with van der Waals surface area (Å²) in [4.78, 5) is 26.1. The number of hydrogen-bond donors (Lipinski definition) is 1. The fourth-order valence-corrected chi connectivity index (χ4v) is 2.87. The van der Waals surface area contributed by atoms with E-state index in [1.807, 2.05) is 4.90 Å². The molecule has 1 aliphatic carbocycles. The smallest absolute Gasteiger partial charge is 0.245 e. The lowest BCUT2D eigenvalue weighted by molar-refractivity contribution is -0.134. The van der Waals surface area contributed by atoms with Crippen LogP contribution in [0.2, 0.25) is 0 Å². The minimum Gasteiger partial charge on any atom is -0.344 e. The van der Waals surface area contributed by atoms with Crippen LogP contribution < -0.4 is 5.32 Å². The van der Waals surface area contributed by atoms with Gasteiger partial charge in [0, 0.05) is 19.0 Å². The third-order valence-corrected chi connectivity index (χ3v) is 4.01. The average Bonchev–Trinajstić information content (AvgIpc) is 3.06. The van der Waals surface area contributed by atoms with E-state index in [1.165, 1.54) is 0 Å². The van der Waals surface area contributed by atoms with Crippen LogP contribution in [0.4, 0.5) is 0 Å². The molecule has 3 atom stereocenters. The molecule has 2 fully saturated rings. The van der Waals surface area contributed by atoms with E-state index in [4.69, 9.17) is 0 Å². The van der Waals surface area contributed by atoms with Crippen LogP contribution in [-0.2, 0) is 9.59 Å². The molecule has 2 aliphatic rings. The fourth-order valence-electron chi connectivity index (χ4n) is 2.87. The first-order chi connectivity index (χ1) is 8.52. The zero-order valence-corrected chi connectivity index (χ0v) is 11.6. The Labute approximate surface area is 109 Å². The Morgan fingerprint density at radius 2 is 2.11 bits per heavy atom. The summed E-state index contributed by atoms with van der Waals surface area (Å²) >= 11 is 0.